The van der Waals surface area contributed by atoms with Gasteiger partial charge in [-0.25, -0.2) is 0 Å². The van der Waals surface area contributed by atoms with Crippen LogP contribution in [0.4, 0.5) is 0 Å². The van der Waals surface area contributed by atoms with E-state index in [-0.39, 0.29) is 11.8 Å². The van der Waals surface area contributed by atoms with Gasteiger partial charge in [-0.2, -0.15) is 0 Å². The van der Waals surface area contributed by atoms with Crippen LogP contribution in [0.1, 0.15) is 44.6 Å². The van der Waals surface area contributed by atoms with E-state index in [1.807, 2.05) is 18.2 Å². The van der Waals surface area contributed by atoms with Crippen LogP contribution in [0, 0.1) is 0 Å². The third kappa shape index (κ3) is 4.23. The molecule has 1 saturated heterocycles. The quantitative estimate of drug-likeness (QED) is 0.842. The molecule has 1 amide bonds. The molecule has 0 aliphatic carbocycles. The van der Waals surface area contributed by atoms with Crippen molar-refractivity contribution in [2.75, 3.05) is 26.7 Å². The van der Waals surface area contributed by atoms with Gasteiger partial charge in [-0.3, -0.25) is 4.79 Å². The van der Waals surface area contributed by atoms with Gasteiger partial charge in [0.25, 0.3) is 0 Å². The summed E-state index contributed by atoms with van der Waals surface area (Å²) in [5.41, 5.74) is 1.16. The molecule has 2 atom stereocenters. The van der Waals surface area contributed by atoms with Crippen LogP contribution >= 0.6 is 0 Å². The molecule has 1 aliphatic rings. The Morgan fingerprint density at radius 3 is 2.95 bits per heavy atom. The van der Waals surface area contributed by atoms with E-state index in [0.717, 1.165) is 43.8 Å². The minimum absolute atomic E-state index is 0.205. The van der Waals surface area contributed by atoms with Gasteiger partial charge < -0.3 is 15.0 Å². The summed E-state index contributed by atoms with van der Waals surface area (Å²) in [4.78, 5) is 14.8. The number of nitrogens with one attached hydrogen (secondary N) is 1. The molecule has 0 radical (unpaired) electrons. The fourth-order valence-corrected chi connectivity index (χ4v) is 3.10. The van der Waals surface area contributed by atoms with E-state index in [1.165, 1.54) is 0 Å². The summed E-state index contributed by atoms with van der Waals surface area (Å²) >= 11 is 0. The molecule has 1 N–H and O–H groups in total. The minimum Gasteiger partial charge on any atom is -0.497 e. The first-order chi connectivity index (χ1) is 10.7. The molecule has 2 unspecified atom stereocenters. The van der Waals surface area contributed by atoms with Gasteiger partial charge in [0.2, 0.25) is 5.91 Å². The molecular formula is C18H28N2O2. The third-order valence-electron chi connectivity index (χ3n) is 4.40. The number of methoxy groups -OCH3 is 1. The standard InChI is InChI=1S/C18H28N2O2/c1-4-10-20(16-8-9-19-13-16)18(21)11-14(2)15-6-5-7-17(12-15)22-3/h5-7,12,14,16,19H,4,8-11,13H2,1-3H3. The minimum atomic E-state index is 0.205. The maximum absolute atomic E-state index is 12.7. The molecule has 1 fully saturated rings. The van der Waals surface area contributed by atoms with Crippen LogP contribution in [0.5, 0.6) is 5.75 Å². The van der Waals surface area contributed by atoms with E-state index in [1.54, 1.807) is 7.11 Å². The molecule has 0 spiro atoms. The molecule has 1 aromatic rings. The normalized spacial score (nSPS) is 19.0. The van der Waals surface area contributed by atoms with Crippen molar-refractivity contribution >= 4 is 5.91 Å². The van der Waals surface area contributed by atoms with Crippen LogP contribution in [0.3, 0.4) is 0 Å². The highest BCUT2D eigenvalue weighted by molar-refractivity contribution is 5.77. The number of hydrogen-bond acceptors (Lipinski definition) is 3. The molecule has 122 valence electrons. The lowest BCUT2D eigenvalue weighted by atomic mass is 9.96. The van der Waals surface area contributed by atoms with Gasteiger partial charge in [-0.15, -0.1) is 0 Å². The van der Waals surface area contributed by atoms with Gasteiger partial charge in [0.1, 0.15) is 5.75 Å². The SMILES string of the molecule is CCCN(C(=O)CC(C)c1cccc(OC)c1)C1CCNC1. The fraction of sp³-hybridized carbons (Fsp3) is 0.611. The maximum Gasteiger partial charge on any atom is 0.223 e. The Morgan fingerprint density at radius 2 is 2.32 bits per heavy atom. The summed E-state index contributed by atoms with van der Waals surface area (Å²) in [6, 6.07) is 8.39. The van der Waals surface area contributed by atoms with Crippen LogP contribution < -0.4 is 10.1 Å². The van der Waals surface area contributed by atoms with Crippen molar-refractivity contribution in [2.24, 2.45) is 0 Å². The Labute approximate surface area is 133 Å². The summed E-state index contributed by atoms with van der Waals surface area (Å²) < 4.78 is 5.27. The highest BCUT2D eigenvalue weighted by Gasteiger charge is 2.26. The van der Waals surface area contributed by atoms with E-state index in [9.17, 15) is 4.79 Å². The molecule has 1 heterocycles. The molecule has 4 nitrogen and oxygen atoms in total. The zero-order valence-corrected chi connectivity index (χ0v) is 14.0. The molecule has 4 heteroatoms. The maximum atomic E-state index is 12.7. The van der Waals surface area contributed by atoms with Gasteiger partial charge in [-0.1, -0.05) is 26.0 Å². The number of benzene rings is 1. The van der Waals surface area contributed by atoms with Crippen LogP contribution in [0.25, 0.3) is 0 Å². The van der Waals surface area contributed by atoms with Crippen molar-refractivity contribution in [1.82, 2.24) is 10.2 Å². The number of carbonyl (C=O) groups is 1. The smallest absolute Gasteiger partial charge is 0.223 e. The number of rotatable bonds is 7. The summed E-state index contributed by atoms with van der Waals surface area (Å²) in [5, 5.41) is 3.36. The molecular weight excluding hydrogens is 276 g/mol. The topological polar surface area (TPSA) is 41.6 Å². The first kappa shape index (κ1) is 16.8. The summed E-state index contributed by atoms with van der Waals surface area (Å²) in [7, 11) is 1.67. The number of nitrogens with zero attached hydrogens (tertiary/aromatic N) is 1. The Hall–Kier alpha value is -1.55. The molecule has 0 bridgehead atoms. The van der Waals surface area contributed by atoms with E-state index >= 15 is 0 Å². The largest absolute Gasteiger partial charge is 0.497 e. The molecule has 1 aliphatic heterocycles. The Kier molecular flexibility index (Phi) is 6.25. The molecule has 1 aromatic carbocycles. The van der Waals surface area contributed by atoms with Crippen molar-refractivity contribution in [1.29, 1.82) is 0 Å². The van der Waals surface area contributed by atoms with Crippen molar-refractivity contribution in [3.8, 4) is 5.75 Å². The summed E-state index contributed by atoms with van der Waals surface area (Å²) in [6.45, 7) is 7.05. The first-order valence-corrected chi connectivity index (χ1v) is 8.29. The lowest BCUT2D eigenvalue weighted by molar-refractivity contribution is -0.133. The van der Waals surface area contributed by atoms with Crippen LogP contribution in [-0.2, 0) is 4.79 Å². The monoisotopic (exact) mass is 304 g/mol. The highest BCUT2D eigenvalue weighted by Crippen LogP contribution is 2.24. The molecule has 22 heavy (non-hydrogen) atoms. The first-order valence-electron chi connectivity index (χ1n) is 8.29. The van der Waals surface area contributed by atoms with E-state index in [2.05, 4.69) is 30.1 Å². The predicted octanol–water partition coefficient (Wildman–Crippen LogP) is 2.79. The average molecular weight is 304 g/mol. The average Bonchev–Trinajstić information content (AvgIpc) is 3.06. The summed E-state index contributed by atoms with van der Waals surface area (Å²) in [6.07, 6.45) is 2.64. The second-order valence-electron chi connectivity index (χ2n) is 6.12. The number of amides is 1. The van der Waals surface area contributed by atoms with Crippen molar-refractivity contribution < 1.29 is 9.53 Å². The summed E-state index contributed by atoms with van der Waals surface area (Å²) in [5.74, 6) is 1.32. The Morgan fingerprint density at radius 1 is 1.50 bits per heavy atom. The van der Waals surface area contributed by atoms with E-state index in [0.29, 0.717) is 12.5 Å². The fourth-order valence-electron chi connectivity index (χ4n) is 3.10. The number of ether oxygens (including phenoxy) is 1. The Balaban J connectivity index is 2.01. The van der Waals surface area contributed by atoms with Gasteiger partial charge in [-0.05, 0) is 43.0 Å². The van der Waals surface area contributed by atoms with Gasteiger partial charge >= 0.3 is 0 Å². The van der Waals surface area contributed by atoms with Gasteiger partial charge in [0, 0.05) is 25.6 Å². The van der Waals surface area contributed by atoms with Crippen molar-refractivity contribution in [2.45, 2.75) is 45.1 Å². The van der Waals surface area contributed by atoms with E-state index < -0.39 is 0 Å². The molecule has 0 aromatic heterocycles. The van der Waals surface area contributed by atoms with Gasteiger partial charge in [0.05, 0.1) is 7.11 Å². The number of hydrogen-bond donors (Lipinski definition) is 1. The predicted molar refractivity (Wildman–Crippen MR) is 89.3 cm³/mol. The van der Waals surface area contributed by atoms with Crippen LogP contribution in [-0.4, -0.2) is 43.6 Å². The van der Waals surface area contributed by atoms with Crippen LogP contribution in [0.15, 0.2) is 24.3 Å². The zero-order valence-electron chi connectivity index (χ0n) is 14.0. The molecule has 2 rings (SSSR count). The van der Waals surface area contributed by atoms with Crippen molar-refractivity contribution in [3.05, 3.63) is 29.8 Å². The lowest BCUT2D eigenvalue weighted by Gasteiger charge is -2.29. The highest BCUT2D eigenvalue weighted by atomic mass is 16.5. The third-order valence-corrected chi connectivity index (χ3v) is 4.40. The van der Waals surface area contributed by atoms with Gasteiger partial charge in [0.15, 0.2) is 0 Å². The number of carbonyl (C=O) groups excluding carboxylic acids is 1. The lowest BCUT2D eigenvalue weighted by Crippen LogP contribution is -2.42. The molecule has 0 saturated carbocycles. The Bertz CT molecular complexity index is 484. The zero-order chi connectivity index (χ0) is 15.9. The van der Waals surface area contributed by atoms with E-state index in [4.69, 9.17) is 4.74 Å². The second kappa shape index (κ2) is 8.18. The second-order valence-corrected chi connectivity index (χ2v) is 6.12. The van der Waals surface area contributed by atoms with Crippen LogP contribution in [0.2, 0.25) is 0 Å². The van der Waals surface area contributed by atoms with Crippen molar-refractivity contribution in [3.63, 3.8) is 0 Å².